The Balaban J connectivity index is 1.17. The maximum Gasteiger partial charge on any atom is 0.257 e. The number of nitrogens with zero attached hydrogens (tertiary/aromatic N) is 2. The van der Waals surface area contributed by atoms with E-state index < -0.39 is 5.60 Å². The first-order valence-corrected chi connectivity index (χ1v) is 12.9. The second kappa shape index (κ2) is 9.21. The molecule has 3 aromatic rings. The van der Waals surface area contributed by atoms with Crippen molar-refractivity contribution in [2.45, 2.75) is 43.4 Å². The summed E-state index contributed by atoms with van der Waals surface area (Å²) in [5, 5.41) is 15.1. The highest BCUT2D eigenvalue weighted by atomic mass is 16.3. The minimum atomic E-state index is -1.45. The fourth-order valence-corrected chi connectivity index (χ4v) is 6.63. The number of piperidine rings is 1. The molecule has 5 nitrogen and oxygen atoms in total. The van der Waals surface area contributed by atoms with Gasteiger partial charge in [0.2, 0.25) is 0 Å². The first-order valence-electron chi connectivity index (χ1n) is 12.9. The topological polar surface area (TPSA) is 65.5 Å². The molecule has 6 rings (SSSR count). The van der Waals surface area contributed by atoms with Crippen LogP contribution in [-0.2, 0) is 10.4 Å². The Kier molecular flexibility index (Phi) is 5.91. The molecule has 2 heterocycles. The molecule has 5 atom stereocenters. The lowest BCUT2D eigenvalue weighted by molar-refractivity contribution is -0.147. The number of aliphatic hydroxyl groups is 1. The number of nitrogens with one attached hydrogen (secondary N) is 1. The molecule has 2 aliphatic carbocycles. The number of rotatable bonds is 7. The van der Waals surface area contributed by atoms with E-state index in [-0.39, 0.29) is 23.9 Å². The maximum atomic E-state index is 13.6. The number of hydrogen-bond donors (Lipinski definition) is 2. The molecule has 1 aromatic heterocycles. The van der Waals surface area contributed by atoms with Gasteiger partial charge in [0.1, 0.15) is 0 Å². The molecular formula is C30H33N3O2. The summed E-state index contributed by atoms with van der Waals surface area (Å²) in [5.74, 6) is 0.621. The molecule has 3 unspecified atom stereocenters. The molecule has 0 spiro atoms. The van der Waals surface area contributed by atoms with E-state index in [9.17, 15) is 9.90 Å². The molecule has 1 aliphatic heterocycles. The number of pyridine rings is 1. The largest absolute Gasteiger partial charge is 0.375 e. The Morgan fingerprint density at radius 1 is 0.886 bits per heavy atom. The van der Waals surface area contributed by atoms with Gasteiger partial charge in [-0.3, -0.25) is 14.7 Å². The second-order valence-electron chi connectivity index (χ2n) is 10.5. The van der Waals surface area contributed by atoms with Crippen LogP contribution in [0, 0.1) is 17.8 Å². The average molecular weight is 468 g/mol. The van der Waals surface area contributed by atoms with Crippen molar-refractivity contribution in [1.29, 1.82) is 0 Å². The van der Waals surface area contributed by atoms with Crippen molar-refractivity contribution < 1.29 is 9.90 Å². The maximum absolute atomic E-state index is 13.6. The first kappa shape index (κ1) is 22.4. The summed E-state index contributed by atoms with van der Waals surface area (Å²) in [6, 6.07) is 24.7. The van der Waals surface area contributed by atoms with Crippen LogP contribution in [0.1, 0.15) is 48.4 Å². The molecular weight excluding hydrogens is 434 g/mol. The molecule has 1 amide bonds. The zero-order valence-electron chi connectivity index (χ0n) is 20.0. The van der Waals surface area contributed by atoms with E-state index in [1.165, 1.54) is 11.1 Å². The predicted octanol–water partition coefficient (Wildman–Crippen LogP) is 4.30. The SMILES string of the molecule is O=C(NC1[C@H]2CN(C(c3ccccc3)c3ccncc3)C[C@@H]12)C(O)(c1ccccc1)C1CCCC1. The lowest BCUT2D eigenvalue weighted by Crippen LogP contribution is -2.51. The molecule has 0 radical (unpaired) electrons. The van der Waals surface area contributed by atoms with E-state index in [1.54, 1.807) is 0 Å². The Labute approximate surface area is 207 Å². The highest BCUT2D eigenvalue weighted by Gasteiger charge is 2.59. The molecule has 3 fully saturated rings. The fraction of sp³-hybridized carbons (Fsp3) is 0.400. The quantitative estimate of drug-likeness (QED) is 0.544. The standard InChI is InChI=1S/C30H33N3O2/c34-29(30(35,24-13-7-8-14-24)23-11-5-2-6-12-23)32-27-25-19-33(20-26(25)27)28(21-9-3-1-4-10-21)22-15-17-31-18-16-22/h1-6,9-12,15-18,24-28,35H,7-8,13-14,19-20H2,(H,32,34)/t25-,26+,27?,28?,30?. The summed E-state index contributed by atoms with van der Waals surface area (Å²) >= 11 is 0. The van der Waals surface area contributed by atoms with Crippen molar-refractivity contribution in [3.05, 3.63) is 102 Å². The van der Waals surface area contributed by atoms with Gasteiger partial charge in [-0.05, 0) is 53.5 Å². The van der Waals surface area contributed by atoms with E-state index in [0.717, 1.165) is 44.3 Å². The van der Waals surface area contributed by atoms with Gasteiger partial charge in [0.05, 0.1) is 6.04 Å². The Bertz CT molecular complexity index is 1100. The minimum absolute atomic E-state index is 0.0193. The number of hydrogen-bond acceptors (Lipinski definition) is 4. The molecule has 180 valence electrons. The number of fused-ring (bicyclic) bond motifs is 1. The number of amides is 1. The van der Waals surface area contributed by atoms with Crippen LogP contribution < -0.4 is 5.32 Å². The molecule has 5 heteroatoms. The number of likely N-dealkylation sites (tertiary alicyclic amines) is 1. The van der Waals surface area contributed by atoms with Gasteiger partial charge in [-0.1, -0.05) is 73.5 Å². The van der Waals surface area contributed by atoms with Gasteiger partial charge >= 0.3 is 0 Å². The molecule has 1 saturated heterocycles. The van der Waals surface area contributed by atoms with E-state index in [1.807, 2.05) is 42.7 Å². The van der Waals surface area contributed by atoms with Gasteiger partial charge in [0.15, 0.2) is 5.60 Å². The van der Waals surface area contributed by atoms with Crippen molar-refractivity contribution in [1.82, 2.24) is 15.2 Å². The van der Waals surface area contributed by atoms with Crippen molar-refractivity contribution in [3.63, 3.8) is 0 Å². The van der Waals surface area contributed by atoms with E-state index >= 15 is 0 Å². The summed E-state index contributed by atoms with van der Waals surface area (Å²) in [6.07, 6.45) is 7.67. The molecule has 3 aliphatic rings. The van der Waals surface area contributed by atoms with Gasteiger partial charge in [-0.25, -0.2) is 0 Å². The van der Waals surface area contributed by atoms with Crippen molar-refractivity contribution >= 4 is 5.91 Å². The molecule has 2 saturated carbocycles. The summed E-state index contributed by atoms with van der Waals surface area (Å²) in [7, 11) is 0. The van der Waals surface area contributed by atoms with Crippen LogP contribution in [0.5, 0.6) is 0 Å². The average Bonchev–Trinajstić information content (AvgIpc) is 3.31. The Morgan fingerprint density at radius 3 is 2.09 bits per heavy atom. The molecule has 2 aromatic carbocycles. The van der Waals surface area contributed by atoms with Gasteiger partial charge in [0, 0.05) is 37.4 Å². The summed E-state index contributed by atoms with van der Waals surface area (Å²) < 4.78 is 0. The van der Waals surface area contributed by atoms with Crippen LogP contribution in [0.3, 0.4) is 0 Å². The normalized spacial score (nSPS) is 26.6. The highest BCUT2D eigenvalue weighted by molar-refractivity contribution is 5.87. The van der Waals surface area contributed by atoms with Gasteiger partial charge in [-0.2, -0.15) is 0 Å². The van der Waals surface area contributed by atoms with Crippen molar-refractivity contribution in [2.24, 2.45) is 17.8 Å². The number of benzene rings is 2. The first-order chi connectivity index (χ1) is 17.2. The second-order valence-corrected chi connectivity index (χ2v) is 10.5. The van der Waals surface area contributed by atoms with Gasteiger partial charge < -0.3 is 10.4 Å². The minimum Gasteiger partial charge on any atom is -0.375 e. The van der Waals surface area contributed by atoms with Crippen LogP contribution in [-0.4, -0.2) is 40.0 Å². The third kappa shape index (κ3) is 4.07. The van der Waals surface area contributed by atoms with Crippen LogP contribution in [0.25, 0.3) is 0 Å². The smallest absolute Gasteiger partial charge is 0.257 e. The monoisotopic (exact) mass is 467 g/mol. The van der Waals surface area contributed by atoms with Gasteiger partial charge in [0.25, 0.3) is 5.91 Å². The van der Waals surface area contributed by atoms with Crippen LogP contribution in [0.15, 0.2) is 85.2 Å². The van der Waals surface area contributed by atoms with Gasteiger partial charge in [-0.15, -0.1) is 0 Å². The number of carbonyl (C=O) groups is 1. The fourth-order valence-electron chi connectivity index (χ4n) is 6.63. The van der Waals surface area contributed by atoms with Crippen molar-refractivity contribution in [3.8, 4) is 0 Å². The summed E-state index contributed by atoms with van der Waals surface area (Å²) in [6.45, 7) is 1.87. The molecule has 2 N–H and O–H groups in total. The summed E-state index contributed by atoms with van der Waals surface area (Å²) in [4.78, 5) is 20.3. The van der Waals surface area contributed by atoms with Crippen LogP contribution in [0.4, 0.5) is 0 Å². The zero-order valence-corrected chi connectivity index (χ0v) is 20.0. The van der Waals surface area contributed by atoms with E-state index in [4.69, 9.17) is 0 Å². The van der Waals surface area contributed by atoms with Crippen LogP contribution in [0.2, 0.25) is 0 Å². The lowest BCUT2D eigenvalue weighted by atomic mass is 9.79. The van der Waals surface area contributed by atoms with Crippen LogP contribution >= 0.6 is 0 Å². The lowest BCUT2D eigenvalue weighted by Gasteiger charge is -2.34. The molecule has 35 heavy (non-hydrogen) atoms. The number of carbonyl (C=O) groups excluding carboxylic acids is 1. The zero-order chi connectivity index (χ0) is 23.8. The van der Waals surface area contributed by atoms with E-state index in [2.05, 4.69) is 57.7 Å². The third-order valence-electron chi connectivity index (χ3n) is 8.53. The Morgan fingerprint density at radius 2 is 1.46 bits per heavy atom. The van der Waals surface area contributed by atoms with E-state index in [0.29, 0.717) is 11.8 Å². The highest BCUT2D eigenvalue weighted by Crippen LogP contribution is 2.50. The third-order valence-corrected chi connectivity index (χ3v) is 8.53. The van der Waals surface area contributed by atoms with Crippen molar-refractivity contribution in [2.75, 3.05) is 13.1 Å². The molecule has 0 bridgehead atoms. The summed E-state index contributed by atoms with van der Waals surface area (Å²) in [5.41, 5.74) is 1.80. The number of aromatic nitrogens is 1. The Hall–Kier alpha value is -3.02. The predicted molar refractivity (Wildman–Crippen MR) is 135 cm³/mol.